The summed E-state index contributed by atoms with van der Waals surface area (Å²) < 4.78 is 0. The van der Waals surface area contributed by atoms with E-state index in [1.54, 1.807) is 24.5 Å². The highest BCUT2D eigenvalue weighted by atomic mass is 16.2. The van der Waals surface area contributed by atoms with Gasteiger partial charge >= 0.3 is 0 Å². The quantitative estimate of drug-likeness (QED) is 0.939. The molecule has 0 saturated heterocycles. The number of nitrogens with zero attached hydrogens (tertiary/aromatic N) is 2. The molecule has 0 unspecified atom stereocenters. The van der Waals surface area contributed by atoms with Crippen molar-refractivity contribution in [2.45, 2.75) is 6.42 Å². The number of pyridine rings is 1. The van der Waals surface area contributed by atoms with Gasteiger partial charge in [0.05, 0.1) is 0 Å². The first-order valence-corrected chi connectivity index (χ1v) is 7.03. The summed E-state index contributed by atoms with van der Waals surface area (Å²) in [6, 6.07) is 13.7. The van der Waals surface area contributed by atoms with Gasteiger partial charge in [-0.1, -0.05) is 36.4 Å². The van der Waals surface area contributed by atoms with Crippen LogP contribution in [0.3, 0.4) is 0 Å². The van der Waals surface area contributed by atoms with E-state index < -0.39 is 0 Å². The van der Waals surface area contributed by atoms with Crippen LogP contribution >= 0.6 is 0 Å². The molecule has 0 atom stereocenters. The predicted octanol–water partition coefficient (Wildman–Crippen LogP) is 2.52. The van der Waals surface area contributed by atoms with Crippen LogP contribution in [0.2, 0.25) is 0 Å². The molecule has 2 heterocycles. The molecule has 21 heavy (non-hydrogen) atoms. The highest BCUT2D eigenvalue weighted by Gasteiger charge is 2.16. The van der Waals surface area contributed by atoms with Crippen LogP contribution in [0.1, 0.15) is 22.3 Å². The Labute approximate surface area is 124 Å². The lowest BCUT2D eigenvalue weighted by Crippen LogP contribution is -2.44. The molecule has 1 N–H and O–H groups in total. The number of carbonyl (C=O) groups is 1. The molecule has 4 heteroatoms. The van der Waals surface area contributed by atoms with E-state index in [2.05, 4.69) is 28.6 Å². The zero-order valence-corrected chi connectivity index (χ0v) is 11.7. The molecule has 4 nitrogen and oxygen atoms in total. The SMILES string of the molecule is O=C(NN1CCC=C(c2ccccc2)C1)c1ccncc1. The van der Waals surface area contributed by atoms with Gasteiger partial charge in [-0.25, -0.2) is 5.01 Å². The van der Waals surface area contributed by atoms with Crippen LogP contribution in [0.5, 0.6) is 0 Å². The monoisotopic (exact) mass is 279 g/mol. The number of hydrogen-bond acceptors (Lipinski definition) is 3. The van der Waals surface area contributed by atoms with E-state index in [0.29, 0.717) is 5.56 Å². The molecule has 0 aliphatic carbocycles. The third-order valence-electron chi connectivity index (χ3n) is 3.50. The van der Waals surface area contributed by atoms with Gasteiger partial charge < -0.3 is 0 Å². The van der Waals surface area contributed by atoms with Gasteiger partial charge in [0.15, 0.2) is 0 Å². The summed E-state index contributed by atoms with van der Waals surface area (Å²) in [5.74, 6) is -0.0910. The van der Waals surface area contributed by atoms with Gasteiger partial charge in [-0.05, 0) is 29.7 Å². The summed E-state index contributed by atoms with van der Waals surface area (Å²) in [7, 11) is 0. The summed E-state index contributed by atoms with van der Waals surface area (Å²) in [5.41, 5.74) is 6.04. The molecule has 1 aromatic heterocycles. The molecule has 106 valence electrons. The van der Waals surface area contributed by atoms with Crippen molar-refractivity contribution in [3.05, 3.63) is 72.1 Å². The fourth-order valence-electron chi connectivity index (χ4n) is 2.41. The topological polar surface area (TPSA) is 45.2 Å². The first kappa shape index (κ1) is 13.5. The van der Waals surface area contributed by atoms with Gasteiger partial charge in [0.25, 0.3) is 5.91 Å². The van der Waals surface area contributed by atoms with E-state index in [1.807, 2.05) is 23.2 Å². The zero-order chi connectivity index (χ0) is 14.5. The Morgan fingerprint density at radius 1 is 1.10 bits per heavy atom. The Bertz CT molecular complexity index is 638. The van der Waals surface area contributed by atoms with Gasteiger partial charge in [0.1, 0.15) is 0 Å². The molecule has 1 aliphatic rings. The lowest BCUT2D eigenvalue weighted by atomic mass is 10.0. The fourth-order valence-corrected chi connectivity index (χ4v) is 2.41. The standard InChI is InChI=1S/C17H17N3O/c21-17(15-8-10-18-11-9-15)19-20-12-4-7-16(13-20)14-5-2-1-3-6-14/h1-3,5-11H,4,12-13H2,(H,19,21). The van der Waals surface area contributed by atoms with Crippen molar-refractivity contribution < 1.29 is 4.79 Å². The lowest BCUT2D eigenvalue weighted by Gasteiger charge is -2.27. The first-order valence-electron chi connectivity index (χ1n) is 7.03. The molecular formula is C17H17N3O. The van der Waals surface area contributed by atoms with E-state index in [0.717, 1.165) is 19.5 Å². The number of aromatic nitrogens is 1. The molecule has 1 amide bonds. The molecule has 0 bridgehead atoms. The Balaban J connectivity index is 1.66. The average Bonchev–Trinajstić information content (AvgIpc) is 2.57. The molecule has 0 spiro atoms. The predicted molar refractivity (Wildman–Crippen MR) is 82.3 cm³/mol. The number of hydrazine groups is 1. The summed E-state index contributed by atoms with van der Waals surface area (Å²) in [4.78, 5) is 16.1. The molecule has 1 aromatic carbocycles. The van der Waals surface area contributed by atoms with Gasteiger partial charge in [-0.3, -0.25) is 15.2 Å². The van der Waals surface area contributed by atoms with Gasteiger partial charge in [0.2, 0.25) is 0 Å². The first-order chi connectivity index (χ1) is 10.3. The Kier molecular flexibility index (Phi) is 4.07. The van der Waals surface area contributed by atoms with Crippen molar-refractivity contribution in [2.24, 2.45) is 0 Å². The number of nitrogens with one attached hydrogen (secondary N) is 1. The van der Waals surface area contributed by atoms with Crippen LogP contribution in [-0.4, -0.2) is 29.0 Å². The second-order valence-corrected chi connectivity index (χ2v) is 4.98. The van der Waals surface area contributed by atoms with E-state index >= 15 is 0 Å². The highest BCUT2D eigenvalue weighted by molar-refractivity contribution is 5.93. The van der Waals surface area contributed by atoms with Crippen molar-refractivity contribution in [1.29, 1.82) is 0 Å². The van der Waals surface area contributed by atoms with Gasteiger partial charge in [-0.15, -0.1) is 0 Å². The maximum atomic E-state index is 12.2. The van der Waals surface area contributed by atoms with Gasteiger partial charge in [-0.2, -0.15) is 0 Å². The van der Waals surface area contributed by atoms with Gasteiger partial charge in [0, 0.05) is 31.0 Å². The third-order valence-corrected chi connectivity index (χ3v) is 3.50. The normalized spacial score (nSPS) is 15.3. The number of hydrogen-bond donors (Lipinski definition) is 1. The molecule has 1 aliphatic heterocycles. The lowest BCUT2D eigenvalue weighted by molar-refractivity contribution is 0.0808. The highest BCUT2D eigenvalue weighted by Crippen LogP contribution is 2.19. The van der Waals surface area contributed by atoms with E-state index in [1.165, 1.54) is 11.1 Å². The van der Waals surface area contributed by atoms with Crippen LogP contribution in [0.15, 0.2) is 60.9 Å². The summed E-state index contributed by atoms with van der Waals surface area (Å²) in [6.45, 7) is 1.55. The number of carbonyl (C=O) groups excluding carboxylic acids is 1. The van der Waals surface area contributed by atoms with Crippen LogP contribution in [-0.2, 0) is 0 Å². The molecule has 0 fully saturated rings. The minimum atomic E-state index is -0.0910. The minimum absolute atomic E-state index is 0.0910. The second-order valence-electron chi connectivity index (χ2n) is 4.98. The van der Waals surface area contributed by atoms with Crippen molar-refractivity contribution >= 4 is 11.5 Å². The molecule has 0 saturated carbocycles. The zero-order valence-electron chi connectivity index (χ0n) is 11.7. The second kappa shape index (κ2) is 6.33. The van der Waals surface area contributed by atoms with Crippen LogP contribution in [0, 0.1) is 0 Å². The number of rotatable bonds is 3. The van der Waals surface area contributed by atoms with Crippen molar-refractivity contribution in [3.63, 3.8) is 0 Å². The molecular weight excluding hydrogens is 262 g/mol. The van der Waals surface area contributed by atoms with E-state index in [4.69, 9.17) is 0 Å². The summed E-state index contributed by atoms with van der Waals surface area (Å²) >= 11 is 0. The van der Waals surface area contributed by atoms with Crippen molar-refractivity contribution in [3.8, 4) is 0 Å². The van der Waals surface area contributed by atoms with Crippen LogP contribution < -0.4 is 5.43 Å². The molecule has 0 radical (unpaired) electrons. The fraction of sp³-hybridized carbons (Fsp3) is 0.176. The maximum Gasteiger partial charge on any atom is 0.265 e. The smallest absolute Gasteiger partial charge is 0.265 e. The van der Waals surface area contributed by atoms with Crippen molar-refractivity contribution in [2.75, 3.05) is 13.1 Å². The third kappa shape index (κ3) is 3.35. The number of amides is 1. The Morgan fingerprint density at radius 3 is 2.62 bits per heavy atom. The summed E-state index contributed by atoms with van der Waals surface area (Å²) in [5, 5.41) is 1.96. The number of benzene rings is 1. The largest absolute Gasteiger partial charge is 0.284 e. The Hall–Kier alpha value is -2.46. The van der Waals surface area contributed by atoms with E-state index in [9.17, 15) is 4.79 Å². The van der Waals surface area contributed by atoms with Crippen LogP contribution in [0.4, 0.5) is 0 Å². The maximum absolute atomic E-state index is 12.2. The van der Waals surface area contributed by atoms with Crippen molar-refractivity contribution in [1.82, 2.24) is 15.4 Å². The minimum Gasteiger partial charge on any atom is -0.284 e. The summed E-state index contributed by atoms with van der Waals surface area (Å²) in [6.07, 6.45) is 6.42. The average molecular weight is 279 g/mol. The molecule has 2 aromatic rings. The van der Waals surface area contributed by atoms with E-state index in [-0.39, 0.29) is 5.91 Å². The Morgan fingerprint density at radius 2 is 1.86 bits per heavy atom. The molecule has 3 rings (SSSR count). The van der Waals surface area contributed by atoms with Crippen LogP contribution in [0.25, 0.3) is 5.57 Å².